The summed E-state index contributed by atoms with van der Waals surface area (Å²) in [6, 6.07) is 123. The Hall–Kier alpha value is -12.2. The van der Waals surface area contributed by atoms with Crippen LogP contribution in [0.3, 0.4) is 0 Å². The molecule has 1 atom stereocenters. The summed E-state index contributed by atoms with van der Waals surface area (Å²) in [7, 11) is 0. The van der Waals surface area contributed by atoms with Crippen LogP contribution in [0.4, 0.5) is 68.2 Å². The van der Waals surface area contributed by atoms with Gasteiger partial charge in [0.15, 0.2) is 0 Å². The molecule has 1 unspecified atom stereocenters. The first-order valence-electron chi connectivity index (χ1n) is 32.1. The average Bonchev–Trinajstić information content (AvgIpc) is 1.52. The van der Waals surface area contributed by atoms with E-state index in [0.29, 0.717) is 0 Å². The highest BCUT2D eigenvalue weighted by Crippen LogP contribution is 2.63. The number of nitrogens with zero attached hydrogens (tertiary/aromatic N) is 5. The maximum atomic E-state index is 2.55. The van der Waals surface area contributed by atoms with Crippen molar-refractivity contribution in [3.8, 4) is 16.8 Å². The summed E-state index contributed by atoms with van der Waals surface area (Å²) in [5.74, 6) is 0. The molecule has 438 valence electrons. The van der Waals surface area contributed by atoms with Crippen LogP contribution < -0.4 is 19.6 Å². The third kappa shape index (κ3) is 8.62. The molecule has 0 N–H and O–H groups in total. The highest BCUT2D eigenvalue weighted by Gasteiger charge is 2.51. The van der Waals surface area contributed by atoms with Crippen LogP contribution in [-0.4, -0.2) is 4.57 Å². The molecule has 18 rings (SSSR count). The largest absolute Gasteiger partial charge is 0.311 e. The van der Waals surface area contributed by atoms with E-state index in [-0.39, 0.29) is 0 Å². The maximum absolute atomic E-state index is 2.55. The zero-order chi connectivity index (χ0) is 61.4. The summed E-state index contributed by atoms with van der Waals surface area (Å²) < 4.78 is 2.55. The van der Waals surface area contributed by atoms with Gasteiger partial charge in [-0.05, 0) is 196 Å². The van der Waals surface area contributed by atoms with Gasteiger partial charge in [0, 0.05) is 78.6 Å². The number of benzene rings is 14. The van der Waals surface area contributed by atoms with Gasteiger partial charge in [-0.1, -0.05) is 212 Å². The molecule has 0 amide bonds. The minimum Gasteiger partial charge on any atom is -0.311 e. The zero-order valence-corrected chi connectivity index (χ0v) is 51.0. The molecular weight excluding hydrogens is 1130 g/mol. The van der Waals surface area contributed by atoms with Gasteiger partial charge in [0.2, 0.25) is 0 Å². The fraction of sp³-hybridized carbons (Fsp3) is 0.0227. The molecule has 5 heteroatoms. The Morgan fingerprint density at radius 1 is 0.290 bits per heavy atom. The topological polar surface area (TPSA) is 17.9 Å². The van der Waals surface area contributed by atoms with Gasteiger partial charge in [-0.2, -0.15) is 0 Å². The number of aromatic nitrogens is 1. The highest BCUT2D eigenvalue weighted by atomic mass is 15.2. The number of hydrogen-bond acceptors (Lipinski definition) is 4. The monoisotopic (exact) mass is 1190 g/mol. The Balaban J connectivity index is 0.876. The molecule has 1 aromatic heterocycles. The van der Waals surface area contributed by atoms with Crippen molar-refractivity contribution < 1.29 is 0 Å². The standard InChI is InChI=1S/C88H61N5/c1-6-25-61-27-22-45-83(73(61)37-15-1)91(69-51-47-67(48-52-69)89(63-29-7-2-8-30-63)64-31-9-3-10-32-64)71-55-57-75-76-58-56-72(60-82(76)88(81(75)59-71)79-41-19-21-44-86(79)93-85-43-20-18-39-77(85)78-40-24-42-80(88)87(78)93)92(84-46-23-28-62-26-16-17-38-74(62)84)70-53-49-68(50-54-70)90(65-33-11-4-12-34-65)66-35-13-5-14-36-66/h1-24,26-60H,25H2. The minimum absolute atomic E-state index is 0.796. The molecule has 0 saturated heterocycles. The summed E-state index contributed by atoms with van der Waals surface area (Å²) in [5, 5.41) is 4.84. The summed E-state index contributed by atoms with van der Waals surface area (Å²) >= 11 is 0. The van der Waals surface area contributed by atoms with E-state index in [0.717, 1.165) is 74.7 Å². The van der Waals surface area contributed by atoms with Crippen LogP contribution in [0.15, 0.2) is 352 Å². The second-order valence-corrected chi connectivity index (χ2v) is 24.3. The first kappa shape index (κ1) is 53.8. The van der Waals surface area contributed by atoms with E-state index in [1.54, 1.807) is 0 Å². The van der Waals surface area contributed by atoms with Crippen LogP contribution in [0.5, 0.6) is 0 Å². The van der Waals surface area contributed by atoms with Crippen molar-refractivity contribution in [3.63, 3.8) is 0 Å². The number of anilines is 12. The molecule has 2 aliphatic carbocycles. The van der Waals surface area contributed by atoms with E-state index in [2.05, 4.69) is 382 Å². The lowest BCUT2D eigenvalue weighted by Crippen LogP contribution is -2.33. The summed E-state index contributed by atoms with van der Waals surface area (Å²) in [6.45, 7) is 0. The summed E-state index contributed by atoms with van der Waals surface area (Å²) in [6.07, 6.45) is 9.77. The maximum Gasteiger partial charge on any atom is 0.0756 e. The van der Waals surface area contributed by atoms with Gasteiger partial charge >= 0.3 is 0 Å². The molecule has 0 radical (unpaired) electrons. The van der Waals surface area contributed by atoms with Crippen LogP contribution in [0.25, 0.3) is 55.5 Å². The van der Waals surface area contributed by atoms with Crippen molar-refractivity contribution in [1.29, 1.82) is 0 Å². The molecule has 14 aromatic carbocycles. The molecule has 1 aliphatic heterocycles. The zero-order valence-electron chi connectivity index (χ0n) is 51.0. The fourth-order valence-corrected chi connectivity index (χ4v) is 15.4. The number of rotatable bonds is 12. The minimum atomic E-state index is -0.796. The first-order valence-corrected chi connectivity index (χ1v) is 32.1. The lowest BCUT2D eigenvalue weighted by atomic mass is 9.65. The Morgan fingerprint density at radius 3 is 1.32 bits per heavy atom. The van der Waals surface area contributed by atoms with Crippen LogP contribution in [0.1, 0.15) is 33.4 Å². The number of fused-ring (bicyclic) bond motifs is 14. The van der Waals surface area contributed by atoms with Crippen molar-refractivity contribution in [2.45, 2.75) is 11.8 Å². The Labute approximate surface area is 541 Å². The Kier molecular flexibility index (Phi) is 12.8. The van der Waals surface area contributed by atoms with E-state index in [1.807, 2.05) is 0 Å². The molecule has 1 spiro atoms. The van der Waals surface area contributed by atoms with Crippen molar-refractivity contribution in [2.24, 2.45) is 0 Å². The van der Waals surface area contributed by atoms with Crippen molar-refractivity contribution in [1.82, 2.24) is 4.57 Å². The van der Waals surface area contributed by atoms with Gasteiger partial charge in [0.25, 0.3) is 0 Å². The molecule has 0 bridgehead atoms. The molecule has 0 fully saturated rings. The predicted molar refractivity (Wildman–Crippen MR) is 390 cm³/mol. The lowest BCUT2D eigenvalue weighted by Gasteiger charge is -2.40. The average molecular weight is 1190 g/mol. The number of para-hydroxylation sites is 7. The van der Waals surface area contributed by atoms with Gasteiger partial charge in [-0.3, -0.25) is 0 Å². The molecule has 0 saturated carbocycles. The molecule has 2 heterocycles. The first-order chi connectivity index (χ1) is 46.2. The Morgan fingerprint density at radius 2 is 0.720 bits per heavy atom. The Bertz CT molecular complexity index is 5340. The quantitative estimate of drug-likeness (QED) is 0.121. The van der Waals surface area contributed by atoms with E-state index >= 15 is 0 Å². The molecular formula is C88H61N5. The van der Waals surface area contributed by atoms with Crippen molar-refractivity contribution >= 4 is 107 Å². The van der Waals surface area contributed by atoms with Gasteiger partial charge in [-0.25, -0.2) is 0 Å². The fourth-order valence-electron chi connectivity index (χ4n) is 15.4. The van der Waals surface area contributed by atoms with Gasteiger partial charge in [-0.15, -0.1) is 0 Å². The molecule has 3 aliphatic rings. The molecule has 5 nitrogen and oxygen atoms in total. The summed E-state index contributed by atoms with van der Waals surface area (Å²) in [4.78, 5) is 9.66. The van der Waals surface area contributed by atoms with E-state index in [1.165, 1.54) is 82.8 Å². The number of allylic oxidation sites excluding steroid dienone is 3. The third-order valence-corrected chi connectivity index (χ3v) is 19.3. The van der Waals surface area contributed by atoms with Crippen LogP contribution >= 0.6 is 0 Å². The van der Waals surface area contributed by atoms with E-state index in [4.69, 9.17) is 0 Å². The highest BCUT2D eigenvalue weighted by molar-refractivity contribution is 6.13. The lowest BCUT2D eigenvalue weighted by molar-refractivity contribution is 0.748. The van der Waals surface area contributed by atoms with E-state index < -0.39 is 5.41 Å². The number of hydrogen-bond donors (Lipinski definition) is 0. The van der Waals surface area contributed by atoms with Crippen molar-refractivity contribution in [3.05, 3.63) is 385 Å². The summed E-state index contributed by atoms with van der Waals surface area (Å²) in [5.41, 5.74) is 25.7. The second-order valence-electron chi connectivity index (χ2n) is 24.3. The van der Waals surface area contributed by atoms with E-state index in [9.17, 15) is 0 Å². The van der Waals surface area contributed by atoms with Gasteiger partial charge in [0.1, 0.15) is 0 Å². The predicted octanol–water partition coefficient (Wildman–Crippen LogP) is 23.6. The van der Waals surface area contributed by atoms with Gasteiger partial charge < -0.3 is 24.2 Å². The van der Waals surface area contributed by atoms with Crippen molar-refractivity contribution in [2.75, 3.05) is 19.6 Å². The molecule has 15 aromatic rings. The smallest absolute Gasteiger partial charge is 0.0756 e. The molecule has 93 heavy (non-hydrogen) atoms. The normalized spacial score (nSPS) is 13.9. The SMILES string of the molecule is C1=CCc2cccc(N(c3ccc(N(c4ccccc4)c4ccccc4)cc3)c3ccc4c(c3)C3(c5cc(N(c6ccc(N(c7ccccc7)c7ccccc7)cc6)c6cccc7ccccc67)ccc5-4)c4ccccc4-n4c5ccccc5c5cccc3c54)c2C=C1. The third-order valence-electron chi connectivity index (χ3n) is 19.3. The second kappa shape index (κ2) is 22.1. The van der Waals surface area contributed by atoms with Crippen LogP contribution in [0.2, 0.25) is 0 Å². The van der Waals surface area contributed by atoms with Crippen LogP contribution in [0, 0.1) is 0 Å². The van der Waals surface area contributed by atoms with Gasteiger partial charge in [0.05, 0.1) is 33.5 Å². The van der Waals surface area contributed by atoms with Crippen LogP contribution in [-0.2, 0) is 11.8 Å².